The van der Waals surface area contributed by atoms with Gasteiger partial charge in [0.05, 0.1) is 6.04 Å². The Morgan fingerprint density at radius 1 is 1.56 bits per heavy atom. The van der Waals surface area contributed by atoms with E-state index >= 15 is 0 Å². The summed E-state index contributed by atoms with van der Waals surface area (Å²) < 4.78 is 0. The smallest absolute Gasteiger partial charge is 0.326 e. The van der Waals surface area contributed by atoms with Gasteiger partial charge in [-0.2, -0.15) is 0 Å². The number of carbonyl (C=O) groups is 2. The molecule has 1 amide bonds. The second kappa shape index (κ2) is 5.52. The zero-order valence-electron chi connectivity index (χ0n) is 9.06. The van der Waals surface area contributed by atoms with Crippen molar-refractivity contribution in [3.63, 3.8) is 0 Å². The van der Waals surface area contributed by atoms with E-state index in [0.29, 0.717) is 13.0 Å². The monoisotopic (exact) mass is 224 g/mol. The van der Waals surface area contributed by atoms with Crippen molar-refractivity contribution in [3.8, 4) is 12.3 Å². The molecular weight excluding hydrogens is 208 g/mol. The number of hydrogen-bond donors (Lipinski definition) is 2. The Morgan fingerprint density at radius 3 is 2.81 bits per heavy atom. The van der Waals surface area contributed by atoms with Crippen molar-refractivity contribution in [1.29, 1.82) is 0 Å². The minimum Gasteiger partial charge on any atom is -0.480 e. The third-order valence-corrected chi connectivity index (χ3v) is 2.73. The summed E-state index contributed by atoms with van der Waals surface area (Å²) in [6, 6.07) is -1.53. The fourth-order valence-electron chi connectivity index (χ4n) is 1.88. The molecule has 0 aliphatic carbocycles. The van der Waals surface area contributed by atoms with Crippen molar-refractivity contribution in [2.24, 2.45) is 5.73 Å². The molecule has 5 nitrogen and oxygen atoms in total. The zero-order chi connectivity index (χ0) is 12.1. The molecule has 1 saturated heterocycles. The largest absolute Gasteiger partial charge is 0.480 e. The fourth-order valence-corrected chi connectivity index (χ4v) is 1.88. The average Bonchev–Trinajstić information content (AvgIpc) is 2.28. The molecular formula is C11H16N2O3. The van der Waals surface area contributed by atoms with Gasteiger partial charge < -0.3 is 15.7 Å². The van der Waals surface area contributed by atoms with Crippen LogP contribution >= 0.6 is 0 Å². The van der Waals surface area contributed by atoms with Crippen LogP contribution in [0.4, 0.5) is 0 Å². The fraction of sp³-hybridized carbons (Fsp3) is 0.636. The molecule has 0 saturated carbocycles. The number of carboxylic acid groups (broad SMARTS) is 1. The summed E-state index contributed by atoms with van der Waals surface area (Å²) in [5, 5.41) is 8.99. The predicted molar refractivity (Wildman–Crippen MR) is 58.4 cm³/mol. The number of carboxylic acids is 1. The van der Waals surface area contributed by atoms with E-state index in [4.69, 9.17) is 17.3 Å². The summed E-state index contributed by atoms with van der Waals surface area (Å²) in [4.78, 5) is 24.2. The van der Waals surface area contributed by atoms with Gasteiger partial charge in [-0.05, 0) is 19.3 Å². The van der Waals surface area contributed by atoms with E-state index in [9.17, 15) is 9.59 Å². The molecule has 0 spiro atoms. The average molecular weight is 224 g/mol. The number of likely N-dealkylation sites (tertiary alicyclic amines) is 1. The molecule has 0 bridgehead atoms. The van der Waals surface area contributed by atoms with E-state index in [0.717, 1.165) is 12.8 Å². The van der Waals surface area contributed by atoms with Gasteiger partial charge in [0.2, 0.25) is 5.91 Å². The van der Waals surface area contributed by atoms with Gasteiger partial charge in [-0.3, -0.25) is 4.79 Å². The van der Waals surface area contributed by atoms with Gasteiger partial charge >= 0.3 is 5.97 Å². The molecule has 2 atom stereocenters. The number of amides is 1. The van der Waals surface area contributed by atoms with Crippen LogP contribution in [0.25, 0.3) is 0 Å². The summed E-state index contributed by atoms with van der Waals surface area (Å²) in [5.41, 5.74) is 5.59. The highest BCUT2D eigenvalue weighted by molar-refractivity contribution is 5.87. The third-order valence-electron chi connectivity index (χ3n) is 2.73. The Kier molecular flexibility index (Phi) is 4.32. The summed E-state index contributed by atoms with van der Waals surface area (Å²) in [7, 11) is 0. The normalized spacial score (nSPS) is 22.2. The molecule has 1 aliphatic heterocycles. The van der Waals surface area contributed by atoms with Crippen LogP contribution < -0.4 is 5.73 Å². The highest BCUT2D eigenvalue weighted by atomic mass is 16.4. The maximum atomic E-state index is 11.8. The molecule has 1 rings (SSSR count). The minimum absolute atomic E-state index is 0.141. The van der Waals surface area contributed by atoms with Gasteiger partial charge in [-0.1, -0.05) is 0 Å². The van der Waals surface area contributed by atoms with Crippen molar-refractivity contribution in [2.75, 3.05) is 6.54 Å². The van der Waals surface area contributed by atoms with E-state index in [1.807, 2.05) is 0 Å². The predicted octanol–water partition coefficient (Wildman–Crippen LogP) is -0.197. The number of terminal acetylenes is 1. The molecule has 1 heterocycles. The molecule has 2 unspecified atom stereocenters. The Hall–Kier alpha value is -1.54. The Labute approximate surface area is 94.6 Å². The number of nitrogens with zero attached hydrogens (tertiary/aromatic N) is 1. The number of piperidine rings is 1. The van der Waals surface area contributed by atoms with E-state index in [2.05, 4.69) is 5.92 Å². The van der Waals surface area contributed by atoms with Gasteiger partial charge in [0.15, 0.2) is 0 Å². The number of aliphatic carboxylic acids is 1. The molecule has 0 aromatic heterocycles. The van der Waals surface area contributed by atoms with E-state index in [1.54, 1.807) is 0 Å². The standard InChI is InChI=1S/C11H16N2O3/c1-2-5-8(12)10(14)13-7-4-3-6-9(13)11(15)16/h1,8-9H,3-7,12H2,(H,15,16). The van der Waals surface area contributed by atoms with Gasteiger partial charge in [-0.15, -0.1) is 12.3 Å². The van der Waals surface area contributed by atoms with Gasteiger partial charge in [0.25, 0.3) is 0 Å². The Balaban J connectivity index is 2.72. The van der Waals surface area contributed by atoms with Crippen LogP contribution in [0, 0.1) is 12.3 Å². The van der Waals surface area contributed by atoms with Crippen LogP contribution in [0.3, 0.4) is 0 Å². The number of hydrogen-bond acceptors (Lipinski definition) is 3. The molecule has 5 heteroatoms. The second-order valence-corrected chi connectivity index (χ2v) is 3.90. The summed E-state index contributed by atoms with van der Waals surface area (Å²) >= 11 is 0. The SMILES string of the molecule is C#CCC(N)C(=O)N1CCCCC1C(=O)O. The molecule has 1 fully saturated rings. The van der Waals surface area contributed by atoms with E-state index in [1.165, 1.54) is 4.90 Å². The van der Waals surface area contributed by atoms with Crippen molar-refractivity contribution < 1.29 is 14.7 Å². The first-order chi connectivity index (χ1) is 7.57. The van der Waals surface area contributed by atoms with Gasteiger partial charge in [0, 0.05) is 13.0 Å². The van der Waals surface area contributed by atoms with Gasteiger partial charge in [-0.25, -0.2) is 4.79 Å². The lowest BCUT2D eigenvalue weighted by Crippen LogP contribution is -2.53. The highest BCUT2D eigenvalue weighted by Crippen LogP contribution is 2.18. The first-order valence-corrected chi connectivity index (χ1v) is 5.30. The third kappa shape index (κ3) is 2.74. The molecule has 0 radical (unpaired) electrons. The van der Waals surface area contributed by atoms with E-state index < -0.39 is 18.1 Å². The molecule has 0 aromatic carbocycles. The lowest BCUT2D eigenvalue weighted by atomic mass is 10.0. The molecule has 3 N–H and O–H groups in total. The van der Waals surface area contributed by atoms with Crippen LogP contribution in [0.2, 0.25) is 0 Å². The molecule has 16 heavy (non-hydrogen) atoms. The first-order valence-electron chi connectivity index (χ1n) is 5.30. The first kappa shape index (κ1) is 12.5. The quantitative estimate of drug-likeness (QED) is 0.650. The molecule has 0 aromatic rings. The van der Waals surface area contributed by atoms with Crippen LogP contribution in [0.15, 0.2) is 0 Å². The molecule has 1 aliphatic rings. The van der Waals surface area contributed by atoms with Crippen LogP contribution in [0.1, 0.15) is 25.7 Å². The Bertz CT molecular complexity index is 322. The Morgan fingerprint density at radius 2 is 2.25 bits per heavy atom. The lowest BCUT2D eigenvalue weighted by molar-refractivity contribution is -0.152. The summed E-state index contributed by atoms with van der Waals surface area (Å²) in [6.45, 7) is 0.452. The lowest BCUT2D eigenvalue weighted by Gasteiger charge is -2.34. The van der Waals surface area contributed by atoms with Gasteiger partial charge in [0.1, 0.15) is 6.04 Å². The van der Waals surface area contributed by atoms with E-state index in [-0.39, 0.29) is 12.3 Å². The van der Waals surface area contributed by atoms with Crippen LogP contribution in [0.5, 0.6) is 0 Å². The summed E-state index contributed by atoms with van der Waals surface area (Å²) in [6.07, 6.45) is 7.35. The van der Waals surface area contributed by atoms with Crippen LogP contribution in [-0.4, -0.2) is 40.5 Å². The zero-order valence-corrected chi connectivity index (χ0v) is 9.06. The second-order valence-electron chi connectivity index (χ2n) is 3.90. The number of rotatable bonds is 3. The van der Waals surface area contributed by atoms with Crippen molar-refractivity contribution in [3.05, 3.63) is 0 Å². The number of carbonyl (C=O) groups excluding carboxylic acids is 1. The van der Waals surface area contributed by atoms with Crippen LogP contribution in [-0.2, 0) is 9.59 Å². The van der Waals surface area contributed by atoms with Crippen molar-refractivity contribution in [2.45, 2.75) is 37.8 Å². The maximum Gasteiger partial charge on any atom is 0.326 e. The minimum atomic E-state index is -0.971. The number of nitrogens with two attached hydrogens (primary N) is 1. The maximum absolute atomic E-state index is 11.8. The summed E-state index contributed by atoms with van der Waals surface area (Å²) in [5.74, 6) is 0.984. The van der Waals surface area contributed by atoms with Crippen molar-refractivity contribution in [1.82, 2.24) is 4.90 Å². The molecule has 88 valence electrons. The topological polar surface area (TPSA) is 83.6 Å². The van der Waals surface area contributed by atoms with Crippen molar-refractivity contribution >= 4 is 11.9 Å². The highest BCUT2D eigenvalue weighted by Gasteiger charge is 2.33.